The van der Waals surface area contributed by atoms with Crippen molar-refractivity contribution in [2.24, 2.45) is 5.92 Å². The Morgan fingerprint density at radius 3 is 2.57 bits per heavy atom. The fourth-order valence-electron chi connectivity index (χ4n) is 2.49. The molecule has 0 aliphatic heterocycles. The van der Waals surface area contributed by atoms with Crippen LogP contribution in [0.1, 0.15) is 36.5 Å². The Labute approximate surface area is 126 Å². The number of carbonyl (C=O) groups excluding carboxylic acids is 1. The zero-order valence-electron chi connectivity index (χ0n) is 12.6. The largest absolute Gasteiger partial charge is 0.459 e. The second kappa shape index (κ2) is 6.15. The van der Waals surface area contributed by atoms with Gasteiger partial charge in [-0.15, -0.1) is 0 Å². The highest BCUT2D eigenvalue weighted by Gasteiger charge is 2.27. The quantitative estimate of drug-likeness (QED) is 0.800. The summed E-state index contributed by atoms with van der Waals surface area (Å²) in [5.74, 6) is -0.0906. The molecular weight excluding hydrogens is 290 g/mol. The highest BCUT2D eigenvalue weighted by atomic mass is 32.2. The Bertz CT molecular complexity index is 624. The molecular formula is C15H21NO4S. The topological polar surface area (TPSA) is 63.7 Å². The van der Waals surface area contributed by atoms with Crippen LogP contribution in [0.5, 0.6) is 0 Å². The summed E-state index contributed by atoms with van der Waals surface area (Å²) in [6.07, 6.45) is 2.94. The van der Waals surface area contributed by atoms with Gasteiger partial charge in [0.2, 0.25) is 10.0 Å². The van der Waals surface area contributed by atoms with Gasteiger partial charge in [0.05, 0.1) is 10.5 Å². The van der Waals surface area contributed by atoms with Gasteiger partial charge >= 0.3 is 5.97 Å². The van der Waals surface area contributed by atoms with E-state index in [-0.39, 0.29) is 16.6 Å². The molecule has 2 rings (SSSR count). The molecule has 1 fully saturated rings. The van der Waals surface area contributed by atoms with E-state index in [0.717, 1.165) is 23.6 Å². The minimum atomic E-state index is -3.55. The number of ether oxygens (including phenoxy) is 1. The van der Waals surface area contributed by atoms with Crippen LogP contribution >= 0.6 is 0 Å². The number of hydrogen-bond acceptors (Lipinski definition) is 4. The van der Waals surface area contributed by atoms with E-state index in [9.17, 15) is 13.2 Å². The van der Waals surface area contributed by atoms with Crippen LogP contribution in [0.4, 0.5) is 0 Å². The summed E-state index contributed by atoms with van der Waals surface area (Å²) in [7, 11) is -0.628. The first-order chi connectivity index (χ1) is 9.82. The van der Waals surface area contributed by atoms with Crippen LogP contribution in [0.3, 0.4) is 0 Å². The SMILES string of the molecule is CC1CCCC1OC(=O)c1cccc(S(=O)(=O)N(C)C)c1. The number of hydrogen-bond donors (Lipinski definition) is 0. The van der Waals surface area contributed by atoms with Crippen molar-refractivity contribution in [3.8, 4) is 0 Å². The first-order valence-corrected chi connectivity index (χ1v) is 8.50. The first kappa shape index (κ1) is 16.0. The van der Waals surface area contributed by atoms with E-state index in [1.807, 2.05) is 0 Å². The second-order valence-electron chi connectivity index (χ2n) is 5.67. The van der Waals surface area contributed by atoms with E-state index < -0.39 is 16.0 Å². The third-order valence-corrected chi connectivity index (χ3v) is 5.70. The zero-order chi connectivity index (χ0) is 15.6. The summed E-state index contributed by atoms with van der Waals surface area (Å²) in [4.78, 5) is 12.3. The Hall–Kier alpha value is -1.40. The monoisotopic (exact) mass is 311 g/mol. The molecule has 0 amide bonds. The number of esters is 1. The lowest BCUT2D eigenvalue weighted by atomic mass is 10.1. The maximum absolute atomic E-state index is 12.2. The zero-order valence-corrected chi connectivity index (χ0v) is 13.4. The van der Waals surface area contributed by atoms with Crippen LogP contribution in [0, 0.1) is 5.92 Å². The van der Waals surface area contributed by atoms with Crippen molar-refractivity contribution in [1.29, 1.82) is 0 Å². The number of nitrogens with zero attached hydrogens (tertiary/aromatic N) is 1. The van der Waals surface area contributed by atoms with Crippen LogP contribution in [0.15, 0.2) is 29.2 Å². The van der Waals surface area contributed by atoms with Crippen LogP contribution < -0.4 is 0 Å². The van der Waals surface area contributed by atoms with E-state index >= 15 is 0 Å². The van der Waals surface area contributed by atoms with E-state index in [1.54, 1.807) is 12.1 Å². The molecule has 0 aromatic heterocycles. The molecule has 1 aromatic rings. The molecule has 1 aliphatic carbocycles. The molecule has 2 atom stereocenters. The molecule has 2 unspecified atom stereocenters. The van der Waals surface area contributed by atoms with Crippen molar-refractivity contribution in [3.05, 3.63) is 29.8 Å². The summed E-state index contributed by atoms with van der Waals surface area (Å²) >= 11 is 0. The summed E-state index contributed by atoms with van der Waals surface area (Å²) < 4.78 is 30.8. The van der Waals surface area contributed by atoms with Gasteiger partial charge in [-0.25, -0.2) is 17.5 Å². The highest BCUT2D eigenvalue weighted by molar-refractivity contribution is 7.89. The maximum Gasteiger partial charge on any atom is 0.338 e. The molecule has 0 radical (unpaired) electrons. The van der Waals surface area contributed by atoms with Gasteiger partial charge in [0, 0.05) is 14.1 Å². The number of sulfonamides is 1. The fourth-order valence-corrected chi connectivity index (χ4v) is 3.43. The van der Waals surface area contributed by atoms with Gasteiger partial charge < -0.3 is 4.74 Å². The summed E-state index contributed by atoms with van der Waals surface area (Å²) in [5, 5.41) is 0. The first-order valence-electron chi connectivity index (χ1n) is 7.06. The summed E-state index contributed by atoms with van der Waals surface area (Å²) in [5.41, 5.74) is 0.275. The normalized spacial score (nSPS) is 22.5. The maximum atomic E-state index is 12.2. The Morgan fingerprint density at radius 1 is 1.29 bits per heavy atom. The van der Waals surface area contributed by atoms with Crippen LogP contribution in [-0.2, 0) is 14.8 Å². The lowest BCUT2D eigenvalue weighted by molar-refractivity contribution is 0.0226. The predicted molar refractivity (Wildman–Crippen MR) is 79.5 cm³/mol. The molecule has 6 heteroatoms. The summed E-state index contributed by atoms with van der Waals surface area (Å²) in [6.45, 7) is 2.07. The van der Waals surface area contributed by atoms with Gasteiger partial charge in [0.25, 0.3) is 0 Å². The lowest BCUT2D eigenvalue weighted by Crippen LogP contribution is -2.23. The van der Waals surface area contributed by atoms with Gasteiger partial charge in [-0.05, 0) is 43.4 Å². The van der Waals surface area contributed by atoms with E-state index in [2.05, 4.69) is 6.92 Å². The molecule has 0 spiro atoms. The smallest absolute Gasteiger partial charge is 0.338 e. The van der Waals surface area contributed by atoms with E-state index in [0.29, 0.717) is 5.92 Å². The Morgan fingerprint density at radius 2 is 2.00 bits per heavy atom. The van der Waals surface area contributed by atoms with Crippen molar-refractivity contribution in [2.45, 2.75) is 37.2 Å². The van der Waals surface area contributed by atoms with Gasteiger partial charge in [-0.1, -0.05) is 13.0 Å². The van der Waals surface area contributed by atoms with Crippen molar-refractivity contribution in [2.75, 3.05) is 14.1 Å². The van der Waals surface area contributed by atoms with Crippen molar-refractivity contribution < 1.29 is 17.9 Å². The average Bonchev–Trinajstić information content (AvgIpc) is 2.84. The molecule has 1 saturated carbocycles. The van der Waals surface area contributed by atoms with Gasteiger partial charge in [-0.3, -0.25) is 0 Å². The van der Waals surface area contributed by atoms with E-state index in [1.165, 1.54) is 26.2 Å². The third-order valence-electron chi connectivity index (χ3n) is 3.89. The molecule has 1 aromatic carbocycles. The fraction of sp³-hybridized carbons (Fsp3) is 0.533. The molecule has 116 valence electrons. The highest BCUT2D eigenvalue weighted by Crippen LogP contribution is 2.28. The molecule has 5 nitrogen and oxygen atoms in total. The van der Waals surface area contributed by atoms with Crippen LogP contribution in [0.25, 0.3) is 0 Å². The molecule has 21 heavy (non-hydrogen) atoms. The van der Waals surface area contributed by atoms with Crippen molar-refractivity contribution in [1.82, 2.24) is 4.31 Å². The van der Waals surface area contributed by atoms with Crippen LogP contribution in [0.2, 0.25) is 0 Å². The van der Waals surface area contributed by atoms with Crippen LogP contribution in [-0.4, -0.2) is 38.9 Å². The molecule has 0 saturated heterocycles. The lowest BCUT2D eigenvalue weighted by Gasteiger charge is -2.17. The van der Waals surface area contributed by atoms with Crippen molar-refractivity contribution >= 4 is 16.0 Å². The minimum Gasteiger partial charge on any atom is -0.459 e. The van der Waals surface area contributed by atoms with Gasteiger partial charge in [-0.2, -0.15) is 0 Å². The predicted octanol–water partition coefficient (Wildman–Crippen LogP) is 2.28. The number of carbonyl (C=O) groups is 1. The van der Waals surface area contributed by atoms with Gasteiger partial charge in [0.1, 0.15) is 6.10 Å². The molecule has 0 heterocycles. The van der Waals surface area contributed by atoms with Crippen molar-refractivity contribution in [3.63, 3.8) is 0 Å². The number of rotatable bonds is 4. The average molecular weight is 311 g/mol. The number of benzene rings is 1. The molecule has 0 bridgehead atoms. The third kappa shape index (κ3) is 3.44. The summed E-state index contributed by atoms with van der Waals surface area (Å²) in [6, 6.07) is 5.99. The molecule has 1 aliphatic rings. The Kier molecular flexibility index (Phi) is 4.68. The molecule has 0 N–H and O–H groups in total. The van der Waals surface area contributed by atoms with E-state index in [4.69, 9.17) is 4.74 Å². The second-order valence-corrected chi connectivity index (χ2v) is 7.82. The van der Waals surface area contributed by atoms with Gasteiger partial charge in [0.15, 0.2) is 0 Å². The Balaban J connectivity index is 2.19. The standard InChI is InChI=1S/C15H21NO4S/c1-11-6-4-9-14(11)20-15(17)12-7-5-8-13(10-12)21(18,19)16(2)3/h5,7-8,10-11,14H,4,6,9H2,1-3H3. The minimum absolute atomic E-state index is 0.0633.